The number of carbonyl (C=O) groups is 2. The van der Waals surface area contributed by atoms with Crippen LogP contribution in [0.1, 0.15) is 30.0 Å². The highest BCUT2D eigenvalue weighted by molar-refractivity contribution is 7.92. The maximum absolute atomic E-state index is 14.2. The summed E-state index contributed by atoms with van der Waals surface area (Å²) in [4.78, 5) is 28.3. The molecule has 0 radical (unpaired) electrons. The number of nitrogens with one attached hydrogen (secondary N) is 1. The van der Waals surface area contributed by atoms with Crippen molar-refractivity contribution in [3.05, 3.63) is 77.4 Å². The summed E-state index contributed by atoms with van der Waals surface area (Å²) in [7, 11) is 1.66. The highest BCUT2D eigenvalue weighted by Crippen LogP contribution is 2.33. The topological polar surface area (TPSA) is 114 Å². The van der Waals surface area contributed by atoms with Gasteiger partial charge in [0.05, 0.1) is 31.9 Å². The number of nitrogens with zero attached hydrogens (tertiary/aromatic N) is 2. The Morgan fingerprint density at radius 1 is 0.857 bits per heavy atom. The number of methoxy groups -OCH3 is 3. The quantitative estimate of drug-likeness (QED) is 0.316. The molecule has 3 aromatic rings. The molecule has 0 spiro atoms. The number of likely N-dealkylation sites (N-methyl/N-ethyl adjacent to an activating group) is 1. The smallest absolute Gasteiger partial charge is 0.264 e. The molecule has 2 amide bonds. The fraction of sp³-hybridized carbons (Fsp3) is 0.355. The first-order valence-electron chi connectivity index (χ1n) is 13.5. The summed E-state index contributed by atoms with van der Waals surface area (Å²) in [6.45, 7) is 5.06. The van der Waals surface area contributed by atoms with Crippen LogP contribution in [0.5, 0.6) is 17.2 Å². The lowest BCUT2D eigenvalue weighted by molar-refractivity contribution is -0.140. The molecule has 0 saturated heterocycles. The predicted molar refractivity (Wildman–Crippen MR) is 162 cm³/mol. The standard InChI is InChI=1S/C31H39N3O7S/c1-8-27(31(36)32-4)33(19-23-9-11-25(39-5)12-10-23)30(35)20-34(24-16-21(2)15-22(3)17-24)42(37,38)26-13-14-28(40-6)29(18-26)41-7/h9-18,27H,8,19-20H2,1-7H3,(H,32,36). The summed E-state index contributed by atoms with van der Waals surface area (Å²) < 4.78 is 45.4. The second-order valence-electron chi connectivity index (χ2n) is 9.78. The monoisotopic (exact) mass is 597 g/mol. The number of rotatable bonds is 13. The minimum absolute atomic E-state index is 0.0767. The fourth-order valence-corrected chi connectivity index (χ4v) is 6.16. The third-order valence-electron chi connectivity index (χ3n) is 6.86. The van der Waals surface area contributed by atoms with Crippen LogP contribution in [0.2, 0.25) is 0 Å². The van der Waals surface area contributed by atoms with Crippen molar-refractivity contribution in [3.63, 3.8) is 0 Å². The molecule has 0 fully saturated rings. The number of hydrogen-bond acceptors (Lipinski definition) is 7. The zero-order valence-corrected chi connectivity index (χ0v) is 25.9. The van der Waals surface area contributed by atoms with Crippen molar-refractivity contribution in [3.8, 4) is 17.2 Å². The van der Waals surface area contributed by atoms with E-state index in [2.05, 4.69) is 5.32 Å². The van der Waals surface area contributed by atoms with Gasteiger partial charge in [-0.2, -0.15) is 0 Å². The van der Waals surface area contributed by atoms with E-state index in [0.717, 1.165) is 21.0 Å². The normalized spacial score (nSPS) is 11.8. The number of sulfonamides is 1. The van der Waals surface area contributed by atoms with Crippen molar-refractivity contribution in [2.75, 3.05) is 39.2 Å². The van der Waals surface area contributed by atoms with Gasteiger partial charge in [0.15, 0.2) is 11.5 Å². The highest BCUT2D eigenvalue weighted by atomic mass is 32.2. The molecule has 0 aliphatic heterocycles. The maximum Gasteiger partial charge on any atom is 0.264 e. The number of anilines is 1. The molecule has 1 unspecified atom stereocenters. The van der Waals surface area contributed by atoms with Crippen molar-refractivity contribution in [1.29, 1.82) is 0 Å². The summed E-state index contributed by atoms with van der Waals surface area (Å²) >= 11 is 0. The fourth-order valence-electron chi connectivity index (χ4n) is 4.74. The average Bonchev–Trinajstić information content (AvgIpc) is 2.98. The van der Waals surface area contributed by atoms with E-state index < -0.39 is 28.5 Å². The maximum atomic E-state index is 14.2. The van der Waals surface area contributed by atoms with Crippen LogP contribution in [-0.2, 0) is 26.2 Å². The van der Waals surface area contributed by atoms with Gasteiger partial charge in [0.2, 0.25) is 11.8 Å². The summed E-state index contributed by atoms with van der Waals surface area (Å²) in [6, 6.07) is 15.9. The largest absolute Gasteiger partial charge is 0.497 e. The van der Waals surface area contributed by atoms with E-state index in [1.54, 1.807) is 50.4 Å². The molecular formula is C31H39N3O7S. The van der Waals surface area contributed by atoms with Gasteiger partial charge in [-0.05, 0) is 73.4 Å². The third-order valence-corrected chi connectivity index (χ3v) is 8.63. The molecule has 0 bridgehead atoms. The van der Waals surface area contributed by atoms with Gasteiger partial charge in [-0.1, -0.05) is 25.1 Å². The lowest BCUT2D eigenvalue weighted by atomic mass is 10.1. The van der Waals surface area contributed by atoms with Gasteiger partial charge in [0, 0.05) is 19.7 Å². The molecule has 42 heavy (non-hydrogen) atoms. The zero-order valence-electron chi connectivity index (χ0n) is 25.1. The highest BCUT2D eigenvalue weighted by Gasteiger charge is 2.34. The number of benzene rings is 3. The number of aryl methyl sites for hydroxylation is 2. The molecule has 0 aliphatic carbocycles. The Kier molecular flexibility index (Phi) is 10.8. The number of carbonyl (C=O) groups excluding carboxylic acids is 2. The minimum atomic E-state index is -4.28. The van der Waals surface area contributed by atoms with Gasteiger partial charge < -0.3 is 24.4 Å². The van der Waals surface area contributed by atoms with Gasteiger partial charge in [-0.3, -0.25) is 13.9 Å². The molecule has 11 heteroatoms. The Balaban J connectivity index is 2.12. The molecule has 1 N–H and O–H groups in total. The number of hydrogen-bond donors (Lipinski definition) is 1. The van der Waals surface area contributed by atoms with E-state index in [1.165, 1.54) is 44.4 Å². The van der Waals surface area contributed by atoms with Crippen LogP contribution in [0.15, 0.2) is 65.6 Å². The SMILES string of the molecule is CCC(C(=O)NC)N(Cc1ccc(OC)cc1)C(=O)CN(c1cc(C)cc(C)c1)S(=O)(=O)c1ccc(OC)c(OC)c1. The van der Waals surface area contributed by atoms with Gasteiger partial charge in [0.25, 0.3) is 10.0 Å². The van der Waals surface area contributed by atoms with E-state index in [9.17, 15) is 18.0 Å². The second-order valence-corrected chi connectivity index (χ2v) is 11.6. The molecular weight excluding hydrogens is 558 g/mol. The van der Waals surface area contributed by atoms with Gasteiger partial charge >= 0.3 is 0 Å². The van der Waals surface area contributed by atoms with Crippen molar-refractivity contribution in [2.45, 2.75) is 44.7 Å². The van der Waals surface area contributed by atoms with E-state index in [-0.39, 0.29) is 23.1 Å². The van der Waals surface area contributed by atoms with Crippen molar-refractivity contribution < 1.29 is 32.2 Å². The second kappa shape index (κ2) is 14.1. The van der Waals surface area contributed by atoms with Crippen LogP contribution in [0.25, 0.3) is 0 Å². The van der Waals surface area contributed by atoms with Crippen LogP contribution in [0, 0.1) is 13.8 Å². The minimum Gasteiger partial charge on any atom is -0.497 e. The van der Waals surface area contributed by atoms with Crippen LogP contribution in [0.4, 0.5) is 5.69 Å². The Labute approximate surface area is 248 Å². The van der Waals surface area contributed by atoms with E-state index in [4.69, 9.17) is 14.2 Å². The molecule has 0 heterocycles. The first-order chi connectivity index (χ1) is 20.0. The molecule has 226 valence electrons. The van der Waals surface area contributed by atoms with Crippen molar-refractivity contribution in [2.24, 2.45) is 0 Å². The molecule has 3 rings (SSSR count). The van der Waals surface area contributed by atoms with Gasteiger partial charge in [-0.25, -0.2) is 8.42 Å². The van der Waals surface area contributed by atoms with Crippen LogP contribution >= 0.6 is 0 Å². The number of ether oxygens (including phenoxy) is 3. The lowest BCUT2D eigenvalue weighted by Crippen LogP contribution is -2.51. The molecule has 1 atom stereocenters. The summed E-state index contributed by atoms with van der Waals surface area (Å²) in [5.41, 5.74) is 2.74. The summed E-state index contributed by atoms with van der Waals surface area (Å²) in [5, 5.41) is 2.62. The van der Waals surface area contributed by atoms with Gasteiger partial charge in [-0.15, -0.1) is 0 Å². The van der Waals surface area contributed by atoms with E-state index >= 15 is 0 Å². The van der Waals surface area contributed by atoms with Crippen molar-refractivity contribution >= 4 is 27.5 Å². The van der Waals surface area contributed by atoms with Crippen LogP contribution < -0.4 is 23.8 Å². The lowest BCUT2D eigenvalue weighted by Gasteiger charge is -2.33. The Morgan fingerprint density at radius 3 is 2.00 bits per heavy atom. The van der Waals surface area contributed by atoms with E-state index in [1.807, 2.05) is 19.9 Å². The average molecular weight is 598 g/mol. The number of amides is 2. The summed E-state index contributed by atoms with van der Waals surface area (Å²) in [6.07, 6.45) is 0.327. The van der Waals surface area contributed by atoms with Gasteiger partial charge in [0.1, 0.15) is 18.3 Å². The first kappa shape index (κ1) is 32.3. The Hall–Kier alpha value is -4.25. The van der Waals surface area contributed by atoms with E-state index in [0.29, 0.717) is 23.6 Å². The molecule has 3 aromatic carbocycles. The Morgan fingerprint density at radius 2 is 1.48 bits per heavy atom. The summed E-state index contributed by atoms with van der Waals surface area (Å²) in [5.74, 6) is 0.367. The predicted octanol–water partition coefficient (Wildman–Crippen LogP) is 4.08. The van der Waals surface area contributed by atoms with Crippen molar-refractivity contribution in [1.82, 2.24) is 10.2 Å². The molecule has 0 saturated carbocycles. The van der Waals surface area contributed by atoms with Crippen LogP contribution in [0.3, 0.4) is 0 Å². The first-order valence-corrected chi connectivity index (χ1v) is 14.9. The Bertz CT molecular complexity index is 1490. The molecule has 10 nitrogen and oxygen atoms in total. The molecule has 0 aliphatic rings. The molecule has 0 aromatic heterocycles. The third kappa shape index (κ3) is 7.33. The zero-order chi connectivity index (χ0) is 31.0. The van der Waals surface area contributed by atoms with Crippen LogP contribution in [-0.4, -0.2) is 66.1 Å².